The Morgan fingerprint density at radius 1 is 1.47 bits per heavy atom. The summed E-state index contributed by atoms with van der Waals surface area (Å²) in [5.74, 6) is 0.0459. The largest absolute Gasteiger partial charge is 0.348 e. The maximum atomic E-state index is 11.5. The van der Waals surface area contributed by atoms with Crippen LogP contribution in [0.1, 0.15) is 31.7 Å². The van der Waals surface area contributed by atoms with Gasteiger partial charge in [-0.05, 0) is 18.4 Å². The van der Waals surface area contributed by atoms with Crippen molar-refractivity contribution in [1.82, 2.24) is 10.6 Å². The van der Waals surface area contributed by atoms with E-state index < -0.39 is 0 Å². The van der Waals surface area contributed by atoms with Crippen molar-refractivity contribution in [3.63, 3.8) is 0 Å². The highest BCUT2D eigenvalue weighted by atomic mass is 32.1. The molecule has 1 aromatic heterocycles. The molecule has 4 heteroatoms. The number of carbonyl (C=O) groups excluding carboxylic acids is 1. The molecule has 0 bridgehead atoms. The summed E-state index contributed by atoms with van der Waals surface area (Å²) in [6, 6.07) is 4.47. The normalized spacial score (nSPS) is 12.8. The molecule has 0 aromatic carbocycles. The molecule has 0 radical (unpaired) electrons. The van der Waals surface area contributed by atoms with Gasteiger partial charge in [0.15, 0.2) is 0 Å². The Hall–Kier alpha value is -0.870. The van der Waals surface area contributed by atoms with E-state index in [9.17, 15) is 4.79 Å². The predicted octanol–water partition coefficient (Wildman–Crippen LogP) is 1.92. The molecule has 1 unspecified atom stereocenters. The standard InChI is InChI=1S/C11H18N2OS/c1-8(2)12-7-11(14)13-9(3)10-5-4-6-15-10/h4-6,8-9,12H,7H2,1-3H3,(H,13,14). The monoisotopic (exact) mass is 226 g/mol. The lowest BCUT2D eigenvalue weighted by molar-refractivity contribution is -0.120. The second-order valence-electron chi connectivity index (χ2n) is 3.84. The highest BCUT2D eigenvalue weighted by Gasteiger charge is 2.09. The summed E-state index contributed by atoms with van der Waals surface area (Å²) in [5, 5.41) is 8.05. The smallest absolute Gasteiger partial charge is 0.234 e. The number of thiophene rings is 1. The summed E-state index contributed by atoms with van der Waals surface area (Å²) in [6.07, 6.45) is 0. The van der Waals surface area contributed by atoms with Gasteiger partial charge in [0.05, 0.1) is 12.6 Å². The van der Waals surface area contributed by atoms with Crippen molar-refractivity contribution in [1.29, 1.82) is 0 Å². The van der Waals surface area contributed by atoms with E-state index in [2.05, 4.69) is 10.6 Å². The van der Waals surface area contributed by atoms with Gasteiger partial charge in [0.1, 0.15) is 0 Å². The molecule has 1 rings (SSSR count). The van der Waals surface area contributed by atoms with Crippen LogP contribution in [0.2, 0.25) is 0 Å². The summed E-state index contributed by atoms with van der Waals surface area (Å²) >= 11 is 1.66. The fraction of sp³-hybridized carbons (Fsp3) is 0.545. The molecule has 0 saturated heterocycles. The van der Waals surface area contributed by atoms with E-state index in [1.807, 2.05) is 38.3 Å². The zero-order valence-electron chi connectivity index (χ0n) is 9.41. The Bertz CT molecular complexity index is 296. The number of rotatable bonds is 5. The third-order valence-electron chi connectivity index (χ3n) is 2.02. The van der Waals surface area contributed by atoms with Crippen molar-refractivity contribution in [2.75, 3.05) is 6.54 Å². The maximum absolute atomic E-state index is 11.5. The van der Waals surface area contributed by atoms with Crippen molar-refractivity contribution >= 4 is 17.2 Å². The minimum absolute atomic E-state index is 0.0459. The van der Waals surface area contributed by atoms with Crippen molar-refractivity contribution < 1.29 is 4.79 Å². The van der Waals surface area contributed by atoms with Crippen molar-refractivity contribution in [2.45, 2.75) is 32.9 Å². The molecule has 84 valence electrons. The van der Waals surface area contributed by atoms with Crippen LogP contribution in [0, 0.1) is 0 Å². The molecule has 0 aliphatic carbocycles. The lowest BCUT2D eigenvalue weighted by Crippen LogP contribution is -2.37. The molecule has 2 N–H and O–H groups in total. The molecular weight excluding hydrogens is 208 g/mol. The van der Waals surface area contributed by atoms with Crippen LogP contribution in [0.5, 0.6) is 0 Å². The van der Waals surface area contributed by atoms with Crippen molar-refractivity contribution in [2.24, 2.45) is 0 Å². The van der Waals surface area contributed by atoms with E-state index in [0.29, 0.717) is 12.6 Å². The molecule has 1 heterocycles. The Morgan fingerprint density at radius 2 is 2.20 bits per heavy atom. The van der Waals surface area contributed by atoms with Crippen LogP contribution in [-0.2, 0) is 4.79 Å². The number of hydrogen-bond donors (Lipinski definition) is 2. The lowest BCUT2D eigenvalue weighted by Gasteiger charge is -2.13. The van der Waals surface area contributed by atoms with Gasteiger partial charge in [0, 0.05) is 10.9 Å². The van der Waals surface area contributed by atoms with Gasteiger partial charge in [-0.2, -0.15) is 0 Å². The molecule has 1 atom stereocenters. The van der Waals surface area contributed by atoms with E-state index in [0.717, 1.165) is 0 Å². The van der Waals surface area contributed by atoms with Crippen molar-refractivity contribution in [3.05, 3.63) is 22.4 Å². The summed E-state index contributed by atoms with van der Waals surface area (Å²) in [6.45, 7) is 6.43. The average Bonchev–Trinajstić information content (AvgIpc) is 2.67. The molecule has 1 aromatic rings. The number of hydrogen-bond acceptors (Lipinski definition) is 3. The number of amides is 1. The fourth-order valence-corrected chi connectivity index (χ4v) is 1.93. The second-order valence-corrected chi connectivity index (χ2v) is 4.82. The predicted molar refractivity (Wildman–Crippen MR) is 64.0 cm³/mol. The van der Waals surface area contributed by atoms with E-state index >= 15 is 0 Å². The molecule has 0 saturated carbocycles. The van der Waals surface area contributed by atoms with Gasteiger partial charge in [-0.1, -0.05) is 19.9 Å². The van der Waals surface area contributed by atoms with Crippen LogP contribution in [0.25, 0.3) is 0 Å². The molecular formula is C11H18N2OS. The first-order valence-electron chi connectivity index (χ1n) is 5.15. The van der Waals surface area contributed by atoms with Gasteiger partial charge in [0.25, 0.3) is 0 Å². The van der Waals surface area contributed by atoms with Gasteiger partial charge in [-0.15, -0.1) is 11.3 Å². The van der Waals surface area contributed by atoms with Crippen LogP contribution >= 0.6 is 11.3 Å². The minimum atomic E-state index is 0.0459. The van der Waals surface area contributed by atoms with E-state index in [-0.39, 0.29) is 11.9 Å². The van der Waals surface area contributed by atoms with Gasteiger partial charge >= 0.3 is 0 Å². The summed E-state index contributed by atoms with van der Waals surface area (Å²) in [4.78, 5) is 12.7. The minimum Gasteiger partial charge on any atom is -0.348 e. The Balaban J connectivity index is 2.32. The Morgan fingerprint density at radius 3 is 2.73 bits per heavy atom. The molecule has 3 nitrogen and oxygen atoms in total. The number of carbonyl (C=O) groups is 1. The van der Waals surface area contributed by atoms with Gasteiger partial charge < -0.3 is 10.6 Å². The Kier molecular flexibility index (Phi) is 4.78. The Labute approximate surface area is 94.9 Å². The molecule has 0 spiro atoms. The average molecular weight is 226 g/mol. The molecule has 15 heavy (non-hydrogen) atoms. The first-order chi connectivity index (χ1) is 7.09. The fourth-order valence-electron chi connectivity index (χ4n) is 1.20. The quantitative estimate of drug-likeness (QED) is 0.805. The molecule has 0 fully saturated rings. The maximum Gasteiger partial charge on any atom is 0.234 e. The molecule has 0 aliphatic heterocycles. The summed E-state index contributed by atoms with van der Waals surface area (Å²) in [5.41, 5.74) is 0. The second kappa shape index (κ2) is 5.88. The van der Waals surface area contributed by atoms with Crippen LogP contribution in [0.15, 0.2) is 17.5 Å². The first kappa shape index (κ1) is 12.2. The lowest BCUT2D eigenvalue weighted by atomic mass is 10.2. The van der Waals surface area contributed by atoms with E-state index in [1.165, 1.54) is 4.88 Å². The zero-order valence-corrected chi connectivity index (χ0v) is 10.2. The van der Waals surface area contributed by atoms with Gasteiger partial charge in [0.2, 0.25) is 5.91 Å². The highest BCUT2D eigenvalue weighted by molar-refractivity contribution is 7.10. The molecule has 0 aliphatic rings. The zero-order chi connectivity index (χ0) is 11.3. The van der Waals surface area contributed by atoms with Crippen LogP contribution in [0.3, 0.4) is 0 Å². The third kappa shape index (κ3) is 4.44. The van der Waals surface area contributed by atoms with Gasteiger partial charge in [-0.3, -0.25) is 4.79 Å². The van der Waals surface area contributed by atoms with E-state index in [1.54, 1.807) is 11.3 Å². The summed E-state index contributed by atoms with van der Waals surface area (Å²) < 4.78 is 0. The van der Waals surface area contributed by atoms with Gasteiger partial charge in [-0.25, -0.2) is 0 Å². The first-order valence-corrected chi connectivity index (χ1v) is 6.03. The molecule has 1 amide bonds. The summed E-state index contributed by atoms with van der Waals surface area (Å²) in [7, 11) is 0. The topological polar surface area (TPSA) is 41.1 Å². The van der Waals surface area contributed by atoms with Crippen molar-refractivity contribution in [3.8, 4) is 0 Å². The van der Waals surface area contributed by atoms with Crippen LogP contribution in [0.4, 0.5) is 0 Å². The van der Waals surface area contributed by atoms with Crippen LogP contribution < -0.4 is 10.6 Å². The highest BCUT2D eigenvalue weighted by Crippen LogP contribution is 2.17. The number of nitrogens with one attached hydrogen (secondary N) is 2. The third-order valence-corrected chi connectivity index (χ3v) is 3.07. The SMILES string of the molecule is CC(C)NCC(=O)NC(C)c1cccs1. The van der Waals surface area contributed by atoms with Crippen LogP contribution in [-0.4, -0.2) is 18.5 Å². The van der Waals surface area contributed by atoms with E-state index in [4.69, 9.17) is 0 Å².